The molecule has 11 nitrogen and oxygen atoms in total. The maximum absolute atomic E-state index is 14.1. The van der Waals surface area contributed by atoms with Gasteiger partial charge in [0.25, 0.3) is 0 Å². The summed E-state index contributed by atoms with van der Waals surface area (Å²) in [6, 6.07) is 10.0. The average Bonchev–Trinajstić information content (AvgIpc) is 3.05. The first-order valence-electron chi connectivity index (χ1n) is 17.6. The van der Waals surface area contributed by atoms with Crippen LogP contribution in [0.4, 0.5) is 0 Å². The Morgan fingerprint density at radius 2 is 1.62 bits per heavy atom. The highest BCUT2D eigenvalue weighted by Crippen LogP contribution is 2.39. The topological polar surface area (TPSA) is 158 Å². The highest BCUT2D eigenvalue weighted by Gasteiger charge is 2.46. The number of nitrogens with zero attached hydrogens (tertiary/aromatic N) is 2. The van der Waals surface area contributed by atoms with Gasteiger partial charge < -0.3 is 21.1 Å². The summed E-state index contributed by atoms with van der Waals surface area (Å²) in [7, 11) is -3.86. The van der Waals surface area contributed by atoms with Gasteiger partial charge in [0.15, 0.2) is 9.84 Å². The largest absolute Gasteiger partial charge is 0.390 e. The molecule has 1 aliphatic carbocycles. The number of β-amino-alcohol motifs (C(OH)–C–C–N with tert-alkyl or cyclic N) is 1. The summed E-state index contributed by atoms with van der Waals surface area (Å²) < 4.78 is 24.3. The molecule has 12 heteroatoms. The van der Waals surface area contributed by atoms with Crippen LogP contribution >= 0.6 is 0 Å². The second-order valence-electron chi connectivity index (χ2n) is 15.6. The number of aliphatic hydroxyl groups excluding tert-OH is 1. The lowest BCUT2D eigenvalue weighted by atomic mass is 9.72. The number of carbonyl (C=O) groups excluding carboxylic acids is 3. The number of piperidine rings is 1. The highest BCUT2D eigenvalue weighted by molar-refractivity contribution is 7.92. The molecule has 3 amide bonds. The molecule has 50 heavy (non-hydrogen) atoms. The number of carbonyl (C=O) groups is 3. The fraction of sp³-hybridized carbons (Fsp3) is 0.579. The molecule has 1 saturated carbocycles. The second-order valence-corrected chi connectivity index (χ2v) is 18.1. The number of aliphatic hydroxyl groups is 1. The SMILES string of the molecule is CC(C)(C)NC(=O)[C@@H]1CC2CCCCC2CN1C[C@@H](O)[C@H](Cc1ccccc1)NC(=O)[C@@H](NC(=O)C=Cc1ccncc1)C(C)(C)S(C)(=O)=O. The van der Waals surface area contributed by atoms with Gasteiger partial charge in [0.2, 0.25) is 17.7 Å². The summed E-state index contributed by atoms with van der Waals surface area (Å²) in [6.45, 7) is 9.44. The molecule has 2 unspecified atom stereocenters. The molecule has 0 bridgehead atoms. The molecule has 2 heterocycles. The first kappa shape index (κ1) is 39.2. The number of amides is 3. The highest BCUT2D eigenvalue weighted by atomic mass is 32.2. The predicted octanol–water partition coefficient (Wildman–Crippen LogP) is 3.29. The van der Waals surface area contributed by atoms with Crippen LogP contribution in [0.15, 0.2) is 60.9 Å². The molecular formula is C38H55N5O6S. The molecule has 274 valence electrons. The third-order valence-electron chi connectivity index (χ3n) is 10.1. The van der Waals surface area contributed by atoms with Crippen molar-refractivity contribution in [2.45, 2.75) is 108 Å². The first-order chi connectivity index (χ1) is 23.4. The van der Waals surface area contributed by atoms with Gasteiger partial charge in [0.1, 0.15) is 6.04 Å². The monoisotopic (exact) mass is 709 g/mol. The minimum Gasteiger partial charge on any atom is -0.390 e. The van der Waals surface area contributed by atoms with E-state index in [1.165, 1.54) is 19.9 Å². The predicted molar refractivity (Wildman–Crippen MR) is 196 cm³/mol. The van der Waals surface area contributed by atoms with E-state index in [-0.39, 0.29) is 18.9 Å². The van der Waals surface area contributed by atoms with Gasteiger partial charge in [-0.05, 0) is 95.1 Å². The summed E-state index contributed by atoms with van der Waals surface area (Å²) in [6.07, 6.45) is 11.3. The summed E-state index contributed by atoms with van der Waals surface area (Å²) in [5.74, 6) is -0.592. The van der Waals surface area contributed by atoms with Crippen LogP contribution in [-0.2, 0) is 30.6 Å². The molecule has 2 aromatic rings. The molecule has 1 aromatic heterocycles. The normalized spacial score (nSPS) is 22.2. The summed E-state index contributed by atoms with van der Waals surface area (Å²) >= 11 is 0. The van der Waals surface area contributed by atoms with E-state index in [0.717, 1.165) is 37.5 Å². The Bertz CT molecular complexity index is 1590. The molecule has 4 N–H and O–H groups in total. The Morgan fingerprint density at radius 3 is 2.24 bits per heavy atom. The fourth-order valence-electron chi connectivity index (χ4n) is 7.02. The van der Waals surface area contributed by atoms with Gasteiger partial charge in [-0.15, -0.1) is 0 Å². The van der Waals surface area contributed by atoms with E-state index < -0.39 is 56.2 Å². The number of hydrogen-bond acceptors (Lipinski definition) is 8. The van der Waals surface area contributed by atoms with Gasteiger partial charge in [-0.2, -0.15) is 0 Å². The molecule has 1 aromatic carbocycles. The minimum atomic E-state index is -3.86. The number of sulfone groups is 1. The Hall–Kier alpha value is -3.61. The van der Waals surface area contributed by atoms with Crippen LogP contribution < -0.4 is 16.0 Å². The van der Waals surface area contributed by atoms with Gasteiger partial charge in [0.05, 0.1) is 22.9 Å². The zero-order valence-corrected chi connectivity index (χ0v) is 31.1. The number of rotatable bonds is 13. The summed E-state index contributed by atoms with van der Waals surface area (Å²) in [5.41, 5.74) is 1.14. The van der Waals surface area contributed by atoms with E-state index in [9.17, 15) is 27.9 Å². The number of benzene rings is 1. The van der Waals surface area contributed by atoms with Crippen molar-refractivity contribution in [2.75, 3.05) is 19.3 Å². The first-order valence-corrected chi connectivity index (χ1v) is 19.5. The third-order valence-corrected chi connectivity index (χ3v) is 12.3. The Kier molecular flexibility index (Phi) is 13.0. The second kappa shape index (κ2) is 16.6. The number of nitrogens with one attached hydrogen (secondary N) is 3. The van der Waals surface area contributed by atoms with Gasteiger partial charge in [0, 0.05) is 43.4 Å². The average molecular weight is 710 g/mol. The van der Waals surface area contributed by atoms with E-state index in [1.54, 1.807) is 30.6 Å². The molecule has 0 radical (unpaired) electrons. The van der Waals surface area contributed by atoms with Crippen LogP contribution in [0.25, 0.3) is 6.08 Å². The zero-order chi connectivity index (χ0) is 36.7. The molecule has 2 aliphatic rings. The molecule has 0 spiro atoms. The van der Waals surface area contributed by atoms with Crippen LogP contribution in [0.5, 0.6) is 0 Å². The standard InChI is InChI=1S/C38H55N5O6S/c1-37(2,3)42-35(46)31-23-28-14-10-11-15-29(28)24-43(31)25-32(44)30(22-27-12-8-7-9-13-27)40-36(47)34(38(4,5)50(6,48)49)41-33(45)17-16-26-18-20-39-21-19-26/h7-9,12-13,16-21,28-32,34,44H,10-11,14-15,22-25H2,1-6H3,(H,40,47)(H,41,45)(H,42,46)/t28?,29?,30-,31-,32+,34+/m0/s1. The lowest BCUT2D eigenvalue weighted by molar-refractivity contribution is -0.133. The molecule has 4 rings (SSSR count). The van der Waals surface area contributed by atoms with Crippen molar-refractivity contribution >= 4 is 33.6 Å². The van der Waals surface area contributed by atoms with Crippen LogP contribution in [0.3, 0.4) is 0 Å². The summed E-state index contributed by atoms with van der Waals surface area (Å²) in [5, 5.41) is 20.6. The quantitative estimate of drug-likeness (QED) is 0.231. The van der Waals surface area contributed by atoms with Crippen molar-refractivity contribution in [3.63, 3.8) is 0 Å². The van der Waals surface area contributed by atoms with Gasteiger partial charge >= 0.3 is 0 Å². The van der Waals surface area contributed by atoms with E-state index in [0.29, 0.717) is 30.4 Å². The van der Waals surface area contributed by atoms with Gasteiger partial charge in [-0.25, -0.2) is 8.42 Å². The molecule has 6 atom stereocenters. The van der Waals surface area contributed by atoms with Crippen molar-refractivity contribution < 1.29 is 27.9 Å². The number of pyridine rings is 1. The van der Waals surface area contributed by atoms with Gasteiger partial charge in [-0.3, -0.25) is 24.3 Å². The van der Waals surface area contributed by atoms with Crippen molar-refractivity contribution in [3.8, 4) is 0 Å². The van der Waals surface area contributed by atoms with E-state index in [1.807, 2.05) is 51.1 Å². The molecular weight excluding hydrogens is 655 g/mol. The van der Waals surface area contributed by atoms with Crippen LogP contribution in [0.1, 0.15) is 77.8 Å². The Labute approximate surface area is 297 Å². The van der Waals surface area contributed by atoms with Gasteiger partial charge in [-0.1, -0.05) is 49.6 Å². The van der Waals surface area contributed by atoms with Crippen molar-refractivity contribution in [2.24, 2.45) is 11.8 Å². The van der Waals surface area contributed by atoms with Crippen LogP contribution in [-0.4, -0.2) is 95.0 Å². The number of likely N-dealkylation sites (tertiary alicyclic amines) is 1. The minimum absolute atomic E-state index is 0.0742. The maximum atomic E-state index is 14.1. The van der Waals surface area contributed by atoms with E-state index in [2.05, 4.69) is 25.8 Å². The van der Waals surface area contributed by atoms with E-state index in [4.69, 9.17) is 0 Å². The molecule has 1 aliphatic heterocycles. The summed E-state index contributed by atoms with van der Waals surface area (Å²) in [4.78, 5) is 46.9. The fourth-order valence-corrected chi connectivity index (χ4v) is 7.61. The smallest absolute Gasteiger partial charge is 0.244 e. The molecule has 1 saturated heterocycles. The zero-order valence-electron chi connectivity index (χ0n) is 30.3. The lowest BCUT2D eigenvalue weighted by Gasteiger charge is -2.47. The lowest BCUT2D eigenvalue weighted by Crippen LogP contribution is -2.64. The number of fused-ring (bicyclic) bond motifs is 1. The number of hydrogen-bond donors (Lipinski definition) is 4. The van der Waals surface area contributed by atoms with Crippen LogP contribution in [0.2, 0.25) is 0 Å². The van der Waals surface area contributed by atoms with Crippen molar-refractivity contribution in [1.29, 1.82) is 0 Å². The Morgan fingerprint density at radius 1 is 0.980 bits per heavy atom. The van der Waals surface area contributed by atoms with Crippen molar-refractivity contribution in [3.05, 3.63) is 72.1 Å². The maximum Gasteiger partial charge on any atom is 0.244 e. The molecule has 2 fully saturated rings. The third kappa shape index (κ3) is 10.7. The van der Waals surface area contributed by atoms with Crippen LogP contribution in [0, 0.1) is 11.8 Å². The van der Waals surface area contributed by atoms with Crippen molar-refractivity contribution in [1.82, 2.24) is 25.8 Å². The number of aromatic nitrogens is 1. The Balaban J connectivity index is 1.61. The van der Waals surface area contributed by atoms with E-state index >= 15 is 0 Å².